The Morgan fingerprint density at radius 1 is 1.55 bits per heavy atom. The molecule has 1 aliphatic rings. The molecule has 0 spiro atoms. The lowest BCUT2D eigenvalue weighted by Gasteiger charge is -2.13. The Labute approximate surface area is 119 Å². The lowest BCUT2D eigenvalue weighted by Crippen LogP contribution is -2.33. The SMILES string of the molecule is CC(NC(=O)CC1CCCN1)c1nc(C(C)(C)C)no1. The van der Waals surface area contributed by atoms with Crippen LogP contribution in [-0.4, -0.2) is 28.6 Å². The number of carbonyl (C=O) groups excluding carboxylic acids is 1. The van der Waals surface area contributed by atoms with Crippen LogP contribution >= 0.6 is 0 Å². The summed E-state index contributed by atoms with van der Waals surface area (Å²) in [5.74, 6) is 1.14. The van der Waals surface area contributed by atoms with Crippen molar-refractivity contribution in [2.75, 3.05) is 6.54 Å². The summed E-state index contributed by atoms with van der Waals surface area (Å²) in [6.45, 7) is 8.94. The van der Waals surface area contributed by atoms with Crippen LogP contribution in [0.3, 0.4) is 0 Å². The first kappa shape index (κ1) is 15.0. The molecule has 2 heterocycles. The van der Waals surface area contributed by atoms with Crippen LogP contribution in [0.1, 0.15) is 64.7 Å². The molecule has 0 radical (unpaired) electrons. The maximum Gasteiger partial charge on any atom is 0.248 e. The minimum Gasteiger partial charge on any atom is -0.345 e. The summed E-state index contributed by atoms with van der Waals surface area (Å²) in [4.78, 5) is 16.3. The van der Waals surface area contributed by atoms with Crippen molar-refractivity contribution in [3.05, 3.63) is 11.7 Å². The Bertz CT molecular complexity index is 458. The summed E-state index contributed by atoms with van der Waals surface area (Å²) >= 11 is 0. The maximum absolute atomic E-state index is 11.9. The molecule has 1 amide bonds. The van der Waals surface area contributed by atoms with E-state index in [9.17, 15) is 4.79 Å². The first-order valence-corrected chi connectivity index (χ1v) is 7.23. The van der Waals surface area contributed by atoms with Gasteiger partial charge in [0.2, 0.25) is 11.8 Å². The highest BCUT2D eigenvalue weighted by Crippen LogP contribution is 2.20. The topological polar surface area (TPSA) is 80.0 Å². The number of aromatic nitrogens is 2. The standard InChI is InChI=1S/C14H24N4O2/c1-9(12-17-13(18-20-12)14(2,3)4)16-11(19)8-10-6-5-7-15-10/h9-10,15H,5-8H2,1-4H3,(H,16,19). The van der Waals surface area contributed by atoms with Crippen molar-refractivity contribution in [2.45, 2.75) is 64.5 Å². The molecule has 2 atom stereocenters. The highest BCUT2D eigenvalue weighted by atomic mass is 16.5. The Morgan fingerprint density at radius 2 is 2.30 bits per heavy atom. The summed E-state index contributed by atoms with van der Waals surface area (Å²) in [6, 6.07) is 0.0440. The number of rotatable bonds is 4. The number of hydrogen-bond acceptors (Lipinski definition) is 5. The summed E-state index contributed by atoms with van der Waals surface area (Å²) in [5, 5.41) is 10.2. The van der Waals surface area contributed by atoms with Gasteiger partial charge in [0.05, 0.1) is 0 Å². The second-order valence-electron chi connectivity index (χ2n) is 6.49. The molecule has 1 aromatic heterocycles. The normalized spacial score (nSPS) is 20.9. The number of nitrogens with zero attached hydrogens (tertiary/aromatic N) is 2. The molecule has 1 saturated heterocycles. The quantitative estimate of drug-likeness (QED) is 0.877. The van der Waals surface area contributed by atoms with Crippen LogP contribution in [0.25, 0.3) is 0 Å². The van der Waals surface area contributed by atoms with E-state index in [4.69, 9.17) is 4.52 Å². The molecular weight excluding hydrogens is 256 g/mol. The maximum atomic E-state index is 11.9. The second kappa shape index (κ2) is 5.91. The third-order valence-corrected chi connectivity index (χ3v) is 3.45. The van der Waals surface area contributed by atoms with Gasteiger partial charge in [-0.2, -0.15) is 4.98 Å². The molecular formula is C14H24N4O2. The van der Waals surface area contributed by atoms with Crippen molar-refractivity contribution >= 4 is 5.91 Å². The molecule has 1 aliphatic heterocycles. The van der Waals surface area contributed by atoms with Crippen LogP contribution in [0.2, 0.25) is 0 Å². The molecule has 1 aromatic rings. The molecule has 20 heavy (non-hydrogen) atoms. The van der Waals surface area contributed by atoms with E-state index in [1.807, 2.05) is 27.7 Å². The van der Waals surface area contributed by atoms with Crippen LogP contribution in [0.5, 0.6) is 0 Å². The van der Waals surface area contributed by atoms with Gasteiger partial charge in [-0.1, -0.05) is 25.9 Å². The fraction of sp³-hybridized carbons (Fsp3) is 0.786. The van der Waals surface area contributed by atoms with E-state index < -0.39 is 0 Å². The molecule has 2 rings (SSSR count). The third-order valence-electron chi connectivity index (χ3n) is 3.45. The lowest BCUT2D eigenvalue weighted by molar-refractivity contribution is -0.122. The molecule has 0 bridgehead atoms. The van der Waals surface area contributed by atoms with Gasteiger partial charge in [-0.15, -0.1) is 0 Å². The zero-order valence-corrected chi connectivity index (χ0v) is 12.7. The van der Waals surface area contributed by atoms with E-state index in [0.29, 0.717) is 24.2 Å². The van der Waals surface area contributed by atoms with Crippen LogP contribution in [0, 0.1) is 0 Å². The number of carbonyl (C=O) groups is 1. The van der Waals surface area contributed by atoms with Crippen molar-refractivity contribution in [1.29, 1.82) is 0 Å². The van der Waals surface area contributed by atoms with E-state index >= 15 is 0 Å². The van der Waals surface area contributed by atoms with Crippen molar-refractivity contribution in [3.63, 3.8) is 0 Å². The van der Waals surface area contributed by atoms with Gasteiger partial charge < -0.3 is 15.2 Å². The fourth-order valence-electron chi connectivity index (χ4n) is 2.23. The molecule has 1 fully saturated rings. The van der Waals surface area contributed by atoms with Crippen LogP contribution in [-0.2, 0) is 10.2 Å². The Balaban J connectivity index is 1.89. The van der Waals surface area contributed by atoms with E-state index in [1.165, 1.54) is 0 Å². The molecule has 112 valence electrons. The van der Waals surface area contributed by atoms with Gasteiger partial charge >= 0.3 is 0 Å². The highest BCUT2D eigenvalue weighted by molar-refractivity contribution is 5.76. The predicted octanol–water partition coefficient (Wildman–Crippen LogP) is 1.69. The van der Waals surface area contributed by atoms with Crippen molar-refractivity contribution in [1.82, 2.24) is 20.8 Å². The van der Waals surface area contributed by atoms with Crippen LogP contribution < -0.4 is 10.6 Å². The predicted molar refractivity (Wildman–Crippen MR) is 75.2 cm³/mol. The van der Waals surface area contributed by atoms with Gasteiger partial charge in [-0.25, -0.2) is 0 Å². The fourth-order valence-corrected chi connectivity index (χ4v) is 2.23. The average molecular weight is 280 g/mol. The zero-order valence-electron chi connectivity index (χ0n) is 12.7. The van der Waals surface area contributed by atoms with E-state index in [1.54, 1.807) is 0 Å². The molecule has 0 saturated carbocycles. The molecule has 0 aliphatic carbocycles. The van der Waals surface area contributed by atoms with Gasteiger partial charge in [0.1, 0.15) is 6.04 Å². The van der Waals surface area contributed by atoms with Crippen molar-refractivity contribution in [3.8, 4) is 0 Å². The summed E-state index contributed by atoms with van der Waals surface area (Å²) < 4.78 is 5.23. The molecule has 6 nitrogen and oxygen atoms in total. The zero-order chi connectivity index (χ0) is 14.8. The number of hydrogen-bond donors (Lipinski definition) is 2. The summed E-state index contributed by atoms with van der Waals surface area (Å²) in [5.41, 5.74) is -0.154. The van der Waals surface area contributed by atoms with Crippen molar-refractivity contribution < 1.29 is 9.32 Å². The monoisotopic (exact) mass is 280 g/mol. The Morgan fingerprint density at radius 3 is 2.85 bits per heavy atom. The van der Waals surface area contributed by atoms with Gasteiger partial charge in [0, 0.05) is 17.9 Å². The number of amides is 1. The lowest BCUT2D eigenvalue weighted by atomic mass is 9.96. The Hall–Kier alpha value is -1.43. The van der Waals surface area contributed by atoms with E-state index in [0.717, 1.165) is 19.4 Å². The summed E-state index contributed by atoms with van der Waals surface area (Å²) in [7, 11) is 0. The molecule has 0 aromatic carbocycles. The number of nitrogens with one attached hydrogen (secondary N) is 2. The van der Waals surface area contributed by atoms with Crippen LogP contribution in [0.4, 0.5) is 0 Å². The second-order valence-corrected chi connectivity index (χ2v) is 6.49. The first-order valence-electron chi connectivity index (χ1n) is 7.23. The van der Waals surface area contributed by atoms with Gasteiger partial charge in [0.25, 0.3) is 0 Å². The van der Waals surface area contributed by atoms with Gasteiger partial charge in [-0.3, -0.25) is 4.79 Å². The molecule has 2 unspecified atom stereocenters. The van der Waals surface area contributed by atoms with Crippen molar-refractivity contribution in [2.24, 2.45) is 0 Å². The summed E-state index contributed by atoms with van der Waals surface area (Å²) in [6.07, 6.45) is 2.72. The molecule has 6 heteroatoms. The average Bonchev–Trinajstić information content (AvgIpc) is 2.97. The first-order chi connectivity index (χ1) is 9.36. The molecule has 2 N–H and O–H groups in total. The highest BCUT2D eigenvalue weighted by Gasteiger charge is 2.24. The minimum absolute atomic E-state index is 0.0207. The van der Waals surface area contributed by atoms with Gasteiger partial charge in [-0.05, 0) is 26.3 Å². The minimum atomic E-state index is -0.257. The van der Waals surface area contributed by atoms with E-state index in [2.05, 4.69) is 20.8 Å². The smallest absolute Gasteiger partial charge is 0.248 e. The largest absolute Gasteiger partial charge is 0.345 e. The van der Waals surface area contributed by atoms with E-state index in [-0.39, 0.29) is 17.4 Å². The van der Waals surface area contributed by atoms with Crippen LogP contribution in [0.15, 0.2) is 4.52 Å². The van der Waals surface area contributed by atoms with Gasteiger partial charge in [0.15, 0.2) is 5.82 Å². The Kier molecular flexibility index (Phi) is 4.42. The third kappa shape index (κ3) is 3.79.